The molecule has 0 fully saturated rings. The molecule has 2 heterocycles. The van der Waals surface area contributed by atoms with Crippen molar-refractivity contribution in [2.75, 3.05) is 6.61 Å². The van der Waals surface area contributed by atoms with E-state index in [0.717, 1.165) is 5.69 Å². The van der Waals surface area contributed by atoms with Gasteiger partial charge in [0.1, 0.15) is 17.5 Å². The molecule has 2 N–H and O–H groups in total. The van der Waals surface area contributed by atoms with E-state index in [1.54, 1.807) is 22.9 Å². The average Bonchev–Trinajstić information content (AvgIpc) is 3.04. The summed E-state index contributed by atoms with van der Waals surface area (Å²) in [5, 5.41) is 16.3. The predicted octanol–water partition coefficient (Wildman–Crippen LogP) is 1.27. The molecule has 0 saturated carbocycles. The number of aliphatic hydroxyl groups excluding tert-OH is 1. The van der Waals surface area contributed by atoms with Crippen LogP contribution in [-0.4, -0.2) is 27.4 Å². The van der Waals surface area contributed by atoms with Gasteiger partial charge in [-0.2, -0.15) is 5.10 Å². The van der Waals surface area contributed by atoms with Gasteiger partial charge in [0.05, 0.1) is 18.6 Å². The van der Waals surface area contributed by atoms with E-state index in [1.165, 1.54) is 6.26 Å². The standard InChI is InChI=1S/C13H17N3O3/c1-3-16-11(7-9(2)15-16)13(18)14-10(8-17)12-5-4-6-19-12/h4-7,10,17H,3,8H2,1-2H3,(H,14,18). The second-order valence-corrected chi connectivity index (χ2v) is 4.21. The molecule has 1 unspecified atom stereocenters. The second kappa shape index (κ2) is 5.71. The van der Waals surface area contributed by atoms with Gasteiger partial charge in [0.2, 0.25) is 0 Å². The van der Waals surface area contributed by atoms with Crippen molar-refractivity contribution in [3.63, 3.8) is 0 Å². The van der Waals surface area contributed by atoms with Crippen LogP contribution in [0, 0.1) is 6.92 Å². The SMILES string of the molecule is CCn1nc(C)cc1C(=O)NC(CO)c1ccco1. The zero-order valence-corrected chi connectivity index (χ0v) is 11.0. The number of nitrogens with zero attached hydrogens (tertiary/aromatic N) is 2. The predicted molar refractivity (Wildman–Crippen MR) is 68.6 cm³/mol. The molecule has 2 aromatic rings. The number of amides is 1. The second-order valence-electron chi connectivity index (χ2n) is 4.21. The van der Waals surface area contributed by atoms with Gasteiger partial charge in [-0.25, -0.2) is 0 Å². The van der Waals surface area contributed by atoms with Crippen molar-refractivity contribution >= 4 is 5.91 Å². The lowest BCUT2D eigenvalue weighted by molar-refractivity contribution is 0.0896. The van der Waals surface area contributed by atoms with Crippen LogP contribution in [0.25, 0.3) is 0 Å². The first-order valence-electron chi connectivity index (χ1n) is 6.15. The van der Waals surface area contributed by atoms with Gasteiger partial charge < -0.3 is 14.8 Å². The number of carbonyl (C=O) groups excluding carboxylic acids is 1. The van der Waals surface area contributed by atoms with Gasteiger partial charge in [-0.15, -0.1) is 0 Å². The van der Waals surface area contributed by atoms with Crippen molar-refractivity contribution in [2.24, 2.45) is 0 Å². The molecule has 0 aromatic carbocycles. The lowest BCUT2D eigenvalue weighted by Crippen LogP contribution is -2.32. The van der Waals surface area contributed by atoms with Gasteiger partial charge in [0.15, 0.2) is 0 Å². The van der Waals surface area contributed by atoms with Crippen LogP contribution in [0.1, 0.15) is 34.9 Å². The van der Waals surface area contributed by atoms with Crippen molar-refractivity contribution in [3.8, 4) is 0 Å². The molecule has 19 heavy (non-hydrogen) atoms. The number of aromatic nitrogens is 2. The molecule has 0 saturated heterocycles. The summed E-state index contributed by atoms with van der Waals surface area (Å²) in [5.74, 6) is 0.244. The fraction of sp³-hybridized carbons (Fsp3) is 0.385. The molecule has 0 spiro atoms. The molecule has 0 aliphatic rings. The summed E-state index contributed by atoms with van der Waals surface area (Å²) in [7, 11) is 0. The summed E-state index contributed by atoms with van der Waals surface area (Å²) >= 11 is 0. The van der Waals surface area contributed by atoms with E-state index in [9.17, 15) is 9.90 Å². The summed E-state index contributed by atoms with van der Waals surface area (Å²) in [6.07, 6.45) is 1.50. The van der Waals surface area contributed by atoms with Crippen LogP contribution >= 0.6 is 0 Å². The Labute approximate surface area is 111 Å². The van der Waals surface area contributed by atoms with Crippen LogP contribution < -0.4 is 5.32 Å². The van der Waals surface area contributed by atoms with Crippen LogP contribution in [0.2, 0.25) is 0 Å². The van der Waals surface area contributed by atoms with Gasteiger partial charge in [-0.05, 0) is 32.0 Å². The Balaban J connectivity index is 2.15. The third kappa shape index (κ3) is 2.85. The molecule has 0 aliphatic carbocycles. The van der Waals surface area contributed by atoms with Gasteiger partial charge in [0, 0.05) is 6.54 Å². The molecule has 2 rings (SSSR count). The molecule has 2 aromatic heterocycles. The van der Waals surface area contributed by atoms with E-state index in [1.807, 2.05) is 13.8 Å². The average molecular weight is 263 g/mol. The molecule has 6 nitrogen and oxygen atoms in total. The minimum absolute atomic E-state index is 0.224. The van der Waals surface area contributed by atoms with Crippen molar-refractivity contribution in [1.29, 1.82) is 0 Å². The largest absolute Gasteiger partial charge is 0.467 e. The Morgan fingerprint density at radius 3 is 3.00 bits per heavy atom. The maximum atomic E-state index is 12.2. The first kappa shape index (κ1) is 13.4. The number of carbonyl (C=O) groups is 1. The maximum Gasteiger partial charge on any atom is 0.270 e. The fourth-order valence-corrected chi connectivity index (χ4v) is 1.90. The summed E-state index contributed by atoms with van der Waals surface area (Å²) in [6.45, 7) is 4.14. The maximum absolute atomic E-state index is 12.2. The number of nitrogens with one attached hydrogen (secondary N) is 1. The third-order valence-corrected chi connectivity index (χ3v) is 2.81. The fourth-order valence-electron chi connectivity index (χ4n) is 1.90. The Kier molecular flexibility index (Phi) is 4.01. The third-order valence-electron chi connectivity index (χ3n) is 2.81. The lowest BCUT2D eigenvalue weighted by Gasteiger charge is -2.14. The summed E-state index contributed by atoms with van der Waals surface area (Å²) < 4.78 is 6.81. The molecular weight excluding hydrogens is 246 g/mol. The number of aryl methyl sites for hydroxylation is 2. The van der Waals surface area contributed by atoms with Gasteiger partial charge in [-0.1, -0.05) is 0 Å². The first-order chi connectivity index (χ1) is 9.15. The molecular formula is C13H17N3O3. The molecule has 6 heteroatoms. The summed E-state index contributed by atoms with van der Waals surface area (Å²) in [6, 6.07) is 4.59. The highest BCUT2D eigenvalue weighted by molar-refractivity contribution is 5.92. The molecule has 102 valence electrons. The highest BCUT2D eigenvalue weighted by atomic mass is 16.3. The molecule has 0 bridgehead atoms. The zero-order chi connectivity index (χ0) is 13.8. The van der Waals surface area contributed by atoms with E-state index in [2.05, 4.69) is 10.4 Å². The Bertz CT molecular complexity index is 545. The number of hydrogen-bond acceptors (Lipinski definition) is 4. The number of hydrogen-bond donors (Lipinski definition) is 2. The van der Waals surface area contributed by atoms with E-state index >= 15 is 0 Å². The highest BCUT2D eigenvalue weighted by Crippen LogP contribution is 2.14. The molecule has 0 aliphatic heterocycles. The van der Waals surface area contributed by atoms with Crippen molar-refractivity contribution in [1.82, 2.24) is 15.1 Å². The smallest absolute Gasteiger partial charge is 0.270 e. The minimum atomic E-state index is -0.553. The zero-order valence-electron chi connectivity index (χ0n) is 11.0. The number of furan rings is 1. The Hall–Kier alpha value is -2.08. The van der Waals surface area contributed by atoms with Crippen LogP contribution in [0.15, 0.2) is 28.9 Å². The van der Waals surface area contributed by atoms with E-state index in [4.69, 9.17) is 4.42 Å². The Morgan fingerprint density at radius 1 is 1.63 bits per heavy atom. The van der Waals surface area contributed by atoms with Crippen molar-refractivity contribution in [2.45, 2.75) is 26.4 Å². The van der Waals surface area contributed by atoms with Crippen LogP contribution in [-0.2, 0) is 6.54 Å². The van der Waals surface area contributed by atoms with Crippen LogP contribution in [0.4, 0.5) is 0 Å². The van der Waals surface area contributed by atoms with E-state index in [0.29, 0.717) is 18.0 Å². The van der Waals surface area contributed by atoms with E-state index in [-0.39, 0.29) is 12.5 Å². The van der Waals surface area contributed by atoms with Gasteiger partial charge in [0.25, 0.3) is 5.91 Å². The highest BCUT2D eigenvalue weighted by Gasteiger charge is 2.20. The van der Waals surface area contributed by atoms with Crippen LogP contribution in [0.5, 0.6) is 0 Å². The number of aliphatic hydroxyl groups is 1. The molecule has 1 amide bonds. The molecule has 0 radical (unpaired) electrons. The summed E-state index contributed by atoms with van der Waals surface area (Å²) in [4.78, 5) is 12.2. The molecule has 1 atom stereocenters. The van der Waals surface area contributed by atoms with Crippen LogP contribution in [0.3, 0.4) is 0 Å². The first-order valence-corrected chi connectivity index (χ1v) is 6.15. The topological polar surface area (TPSA) is 80.3 Å². The summed E-state index contributed by atoms with van der Waals surface area (Å²) in [5.41, 5.74) is 1.26. The van der Waals surface area contributed by atoms with Crippen molar-refractivity contribution < 1.29 is 14.3 Å². The van der Waals surface area contributed by atoms with Crippen molar-refractivity contribution in [3.05, 3.63) is 41.6 Å². The van der Waals surface area contributed by atoms with Gasteiger partial charge in [-0.3, -0.25) is 9.48 Å². The normalized spacial score (nSPS) is 12.4. The van der Waals surface area contributed by atoms with Gasteiger partial charge >= 0.3 is 0 Å². The quantitative estimate of drug-likeness (QED) is 0.851. The number of rotatable bonds is 5. The van der Waals surface area contributed by atoms with E-state index < -0.39 is 6.04 Å². The lowest BCUT2D eigenvalue weighted by atomic mass is 10.2. The minimum Gasteiger partial charge on any atom is -0.467 e. The monoisotopic (exact) mass is 263 g/mol. The Morgan fingerprint density at radius 2 is 2.42 bits per heavy atom.